The molecule has 0 unspecified atom stereocenters. The standard InChI is InChI=1S/C25H22F3N3O5/c1-13-22(14(2)36-30-13)16-9-19-20(12-31(23(19)29-11-16)17-5-7-34-8-6-17)18-4-3-15(24(32)33)10-21(18)35-25(26,27)28/h3-4,9-12,17H,5-8H2,1-2H3,(H,32,33). The van der Waals surface area contributed by atoms with E-state index in [1.807, 2.05) is 10.6 Å². The van der Waals surface area contributed by atoms with Gasteiger partial charge in [0.1, 0.15) is 17.2 Å². The van der Waals surface area contributed by atoms with Crippen molar-refractivity contribution < 1.29 is 37.1 Å². The Morgan fingerprint density at radius 2 is 1.92 bits per heavy atom. The second-order valence-electron chi connectivity index (χ2n) is 8.65. The van der Waals surface area contributed by atoms with Crippen LogP contribution in [0.4, 0.5) is 13.2 Å². The highest BCUT2D eigenvalue weighted by molar-refractivity contribution is 5.99. The van der Waals surface area contributed by atoms with Crippen LogP contribution in [0.2, 0.25) is 0 Å². The second kappa shape index (κ2) is 8.98. The zero-order chi connectivity index (χ0) is 25.6. The predicted octanol–water partition coefficient (Wildman–Crippen LogP) is 5.92. The maximum atomic E-state index is 13.3. The van der Waals surface area contributed by atoms with Gasteiger partial charge >= 0.3 is 12.3 Å². The number of hydrogen-bond donors (Lipinski definition) is 1. The molecule has 5 rings (SSSR count). The molecule has 0 radical (unpaired) electrons. The number of aryl methyl sites for hydroxylation is 2. The minimum atomic E-state index is -5.01. The Labute approximate surface area is 203 Å². The van der Waals surface area contributed by atoms with Gasteiger partial charge in [0.2, 0.25) is 0 Å². The van der Waals surface area contributed by atoms with Gasteiger partial charge in [-0.25, -0.2) is 9.78 Å². The fourth-order valence-corrected chi connectivity index (χ4v) is 4.71. The number of alkyl halides is 3. The Balaban J connectivity index is 1.76. The second-order valence-corrected chi connectivity index (χ2v) is 8.65. The topological polar surface area (TPSA) is 99.6 Å². The molecule has 3 aromatic heterocycles. The molecule has 0 aliphatic carbocycles. The summed E-state index contributed by atoms with van der Waals surface area (Å²) in [5.74, 6) is -1.37. The van der Waals surface area contributed by atoms with E-state index in [1.54, 1.807) is 26.2 Å². The van der Waals surface area contributed by atoms with E-state index in [0.717, 1.165) is 24.5 Å². The van der Waals surface area contributed by atoms with Crippen molar-refractivity contribution in [1.29, 1.82) is 0 Å². The normalized spacial score (nSPS) is 14.9. The molecular formula is C25H22F3N3O5. The quantitative estimate of drug-likeness (QED) is 0.362. The molecule has 4 heterocycles. The molecule has 1 N–H and O–H groups in total. The van der Waals surface area contributed by atoms with Gasteiger partial charge in [0.15, 0.2) is 0 Å². The first-order valence-corrected chi connectivity index (χ1v) is 11.3. The lowest BCUT2D eigenvalue weighted by atomic mass is 10.00. The zero-order valence-corrected chi connectivity index (χ0v) is 19.4. The van der Waals surface area contributed by atoms with Gasteiger partial charge in [-0.1, -0.05) is 5.16 Å². The number of aromatic carboxylic acids is 1. The Hall–Kier alpha value is -3.86. The number of nitrogens with zero attached hydrogens (tertiary/aromatic N) is 3. The van der Waals surface area contributed by atoms with Crippen LogP contribution in [0.3, 0.4) is 0 Å². The van der Waals surface area contributed by atoms with Gasteiger partial charge in [0, 0.05) is 59.3 Å². The van der Waals surface area contributed by atoms with Crippen molar-refractivity contribution in [2.45, 2.75) is 39.1 Å². The van der Waals surface area contributed by atoms with E-state index in [1.165, 1.54) is 12.1 Å². The van der Waals surface area contributed by atoms with Crippen molar-refractivity contribution in [3.8, 4) is 28.0 Å². The summed E-state index contributed by atoms with van der Waals surface area (Å²) in [6.45, 7) is 4.69. The van der Waals surface area contributed by atoms with Gasteiger partial charge in [-0.2, -0.15) is 0 Å². The number of hydrogen-bond acceptors (Lipinski definition) is 6. The van der Waals surface area contributed by atoms with Crippen LogP contribution in [-0.2, 0) is 4.74 Å². The number of carbonyl (C=O) groups is 1. The summed E-state index contributed by atoms with van der Waals surface area (Å²) in [5.41, 5.74) is 2.92. The van der Waals surface area contributed by atoms with Crippen molar-refractivity contribution >= 4 is 17.0 Å². The Morgan fingerprint density at radius 1 is 1.17 bits per heavy atom. The van der Waals surface area contributed by atoms with Gasteiger partial charge in [-0.3, -0.25) is 0 Å². The van der Waals surface area contributed by atoms with Crippen LogP contribution in [0.15, 0.2) is 41.2 Å². The number of carboxylic acids is 1. The summed E-state index contributed by atoms with van der Waals surface area (Å²) in [7, 11) is 0. The zero-order valence-electron chi connectivity index (χ0n) is 19.4. The highest BCUT2D eigenvalue weighted by atomic mass is 19.4. The number of carboxylic acid groups (broad SMARTS) is 1. The Bertz CT molecular complexity index is 1430. The molecule has 1 aliphatic rings. The van der Waals surface area contributed by atoms with Crippen LogP contribution in [0.5, 0.6) is 5.75 Å². The molecule has 36 heavy (non-hydrogen) atoms. The van der Waals surface area contributed by atoms with Crippen molar-refractivity contribution in [3.63, 3.8) is 0 Å². The smallest absolute Gasteiger partial charge is 0.478 e. The van der Waals surface area contributed by atoms with E-state index in [0.29, 0.717) is 46.8 Å². The van der Waals surface area contributed by atoms with Crippen LogP contribution < -0.4 is 4.74 Å². The lowest BCUT2D eigenvalue weighted by molar-refractivity contribution is -0.274. The fraction of sp³-hybridized carbons (Fsp3) is 0.320. The molecule has 188 valence electrons. The summed E-state index contributed by atoms with van der Waals surface area (Å²) in [4.78, 5) is 16.1. The van der Waals surface area contributed by atoms with E-state index in [9.17, 15) is 23.1 Å². The Kier molecular flexibility index (Phi) is 5.95. The first-order chi connectivity index (χ1) is 17.1. The van der Waals surface area contributed by atoms with Crippen molar-refractivity contribution in [2.24, 2.45) is 0 Å². The van der Waals surface area contributed by atoms with E-state index in [4.69, 9.17) is 9.26 Å². The third-order valence-electron chi connectivity index (χ3n) is 6.32. The first kappa shape index (κ1) is 23.9. The molecule has 0 bridgehead atoms. The molecule has 0 amide bonds. The third-order valence-corrected chi connectivity index (χ3v) is 6.32. The van der Waals surface area contributed by atoms with Crippen LogP contribution in [0.1, 0.15) is 40.7 Å². The molecule has 8 nitrogen and oxygen atoms in total. The predicted molar refractivity (Wildman–Crippen MR) is 123 cm³/mol. The van der Waals surface area contributed by atoms with Gasteiger partial charge in [0.05, 0.1) is 11.3 Å². The van der Waals surface area contributed by atoms with Crippen LogP contribution in [-0.4, -0.2) is 45.4 Å². The molecular weight excluding hydrogens is 479 g/mol. The minimum absolute atomic E-state index is 0.0395. The van der Waals surface area contributed by atoms with E-state index >= 15 is 0 Å². The average Bonchev–Trinajstić information content (AvgIpc) is 3.37. The molecule has 0 saturated carbocycles. The lowest BCUT2D eigenvalue weighted by Crippen LogP contribution is -2.19. The van der Waals surface area contributed by atoms with Crippen LogP contribution in [0.25, 0.3) is 33.3 Å². The van der Waals surface area contributed by atoms with Gasteiger partial charge in [0.25, 0.3) is 0 Å². The number of ether oxygens (including phenoxy) is 2. The number of pyridine rings is 1. The van der Waals surface area contributed by atoms with E-state index in [-0.39, 0.29) is 17.2 Å². The average molecular weight is 501 g/mol. The molecule has 1 saturated heterocycles. The van der Waals surface area contributed by atoms with E-state index < -0.39 is 18.1 Å². The number of benzene rings is 1. The molecule has 4 aromatic rings. The number of halogens is 3. The van der Waals surface area contributed by atoms with Crippen molar-refractivity contribution in [1.82, 2.24) is 14.7 Å². The summed E-state index contributed by atoms with van der Waals surface area (Å²) < 4.78 is 56.9. The Morgan fingerprint density at radius 3 is 2.56 bits per heavy atom. The van der Waals surface area contributed by atoms with E-state index in [2.05, 4.69) is 14.9 Å². The summed E-state index contributed by atoms with van der Waals surface area (Å²) in [6, 6.07) is 5.34. The van der Waals surface area contributed by atoms with Gasteiger partial charge in [-0.05, 0) is 51.0 Å². The SMILES string of the molecule is Cc1noc(C)c1-c1cnc2c(c1)c(-c1ccc(C(=O)O)cc1OC(F)(F)F)cn2C1CCOCC1. The van der Waals surface area contributed by atoms with Crippen LogP contribution in [0, 0.1) is 13.8 Å². The monoisotopic (exact) mass is 501 g/mol. The van der Waals surface area contributed by atoms with Gasteiger partial charge < -0.3 is 23.7 Å². The molecule has 11 heteroatoms. The first-order valence-electron chi connectivity index (χ1n) is 11.3. The summed E-state index contributed by atoms with van der Waals surface area (Å²) in [5, 5.41) is 13.9. The maximum absolute atomic E-state index is 13.3. The number of rotatable bonds is 5. The van der Waals surface area contributed by atoms with Crippen molar-refractivity contribution in [2.75, 3.05) is 13.2 Å². The molecule has 0 spiro atoms. The van der Waals surface area contributed by atoms with Crippen LogP contribution >= 0.6 is 0 Å². The highest BCUT2D eigenvalue weighted by Crippen LogP contribution is 2.42. The maximum Gasteiger partial charge on any atom is 0.573 e. The molecule has 1 aliphatic heterocycles. The minimum Gasteiger partial charge on any atom is -0.478 e. The molecule has 1 aromatic carbocycles. The van der Waals surface area contributed by atoms with Crippen molar-refractivity contribution in [3.05, 3.63) is 53.7 Å². The fourth-order valence-electron chi connectivity index (χ4n) is 4.71. The molecule has 1 fully saturated rings. The summed E-state index contributed by atoms with van der Waals surface area (Å²) >= 11 is 0. The lowest BCUT2D eigenvalue weighted by Gasteiger charge is -2.24. The molecule has 0 atom stereocenters. The largest absolute Gasteiger partial charge is 0.573 e. The highest BCUT2D eigenvalue weighted by Gasteiger charge is 2.33. The van der Waals surface area contributed by atoms with Gasteiger partial charge in [-0.15, -0.1) is 13.2 Å². The number of fused-ring (bicyclic) bond motifs is 1. The summed E-state index contributed by atoms with van der Waals surface area (Å²) in [6.07, 6.45) is -0.120. The third kappa shape index (κ3) is 4.41. The number of aromatic nitrogens is 3.